The van der Waals surface area contributed by atoms with Crippen LogP contribution in [0.15, 0.2) is 49.6 Å². The Labute approximate surface area is 228 Å². The third-order valence-corrected chi connectivity index (χ3v) is 14.8. The predicted molar refractivity (Wildman–Crippen MR) is 157 cm³/mol. The summed E-state index contributed by atoms with van der Waals surface area (Å²) in [5, 5.41) is 1.30. The predicted octanol–water partition coefficient (Wildman–Crippen LogP) is 6.30. The molecule has 3 rings (SSSR count). The van der Waals surface area contributed by atoms with Crippen LogP contribution in [-0.4, -0.2) is 68.8 Å². The smallest absolute Gasteiger partial charge is 0.330 e. The van der Waals surface area contributed by atoms with Crippen molar-refractivity contribution in [1.82, 2.24) is 0 Å². The van der Waals surface area contributed by atoms with Crippen LogP contribution in [0.1, 0.15) is 21.6 Å². The number of hydrogen-bond acceptors (Lipinski definition) is 10. The van der Waals surface area contributed by atoms with E-state index in [2.05, 4.69) is 49.9 Å². The molecule has 2 heterocycles. The van der Waals surface area contributed by atoms with Gasteiger partial charge in [-0.2, -0.15) is 23.5 Å². The SMILES string of the molecule is C=CC(=O)OCC1CSC(C(SC)c2ccccc2C(SC)C2SCC(COC(=O)C=C)S2)S1. The van der Waals surface area contributed by atoms with Crippen molar-refractivity contribution in [2.75, 3.05) is 37.2 Å². The quantitative estimate of drug-likeness (QED) is 0.210. The van der Waals surface area contributed by atoms with Crippen molar-refractivity contribution < 1.29 is 19.1 Å². The van der Waals surface area contributed by atoms with Crippen LogP contribution in [0.5, 0.6) is 0 Å². The van der Waals surface area contributed by atoms with Gasteiger partial charge in [0.05, 0.1) is 19.7 Å². The first-order valence-corrected chi connectivity index (χ1v) is 17.3. The minimum absolute atomic E-state index is 0.303. The molecule has 2 fully saturated rings. The van der Waals surface area contributed by atoms with Gasteiger partial charge in [0.1, 0.15) is 13.2 Å². The molecule has 0 amide bonds. The van der Waals surface area contributed by atoms with Gasteiger partial charge in [-0.1, -0.05) is 37.4 Å². The summed E-state index contributed by atoms with van der Waals surface area (Å²) in [7, 11) is 0. The Morgan fingerprint density at radius 3 is 1.68 bits per heavy atom. The Balaban J connectivity index is 1.69. The van der Waals surface area contributed by atoms with Crippen molar-refractivity contribution in [1.29, 1.82) is 0 Å². The minimum atomic E-state index is -0.354. The van der Waals surface area contributed by atoms with Gasteiger partial charge in [-0.05, 0) is 23.6 Å². The Morgan fingerprint density at radius 2 is 1.32 bits per heavy atom. The van der Waals surface area contributed by atoms with E-state index in [9.17, 15) is 9.59 Å². The largest absolute Gasteiger partial charge is 0.461 e. The molecule has 0 radical (unpaired) electrons. The van der Waals surface area contributed by atoms with Crippen LogP contribution in [-0.2, 0) is 19.1 Å². The number of thioether (sulfide) groups is 6. The summed E-state index contributed by atoms with van der Waals surface area (Å²) >= 11 is 11.5. The van der Waals surface area contributed by atoms with Gasteiger partial charge in [0.25, 0.3) is 0 Å². The average molecular weight is 575 g/mol. The Hall–Kier alpha value is -0.260. The van der Waals surface area contributed by atoms with E-state index in [1.54, 1.807) is 0 Å². The van der Waals surface area contributed by atoms with Crippen molar-refractivity contribution in [3.05, 3.63) is 60.7 Å². The molecule has 6 atom stereocenters. The Morgan fingerprint density at radius 1 is 0.912 bits per heavy atom. The Kier molecular flexibility index (Phi) is 12.1. The first-order valence-electron chi connectivity index (χ1n) is 10.8. The van der Waals surface area contributed by atoms with Gasteiger partial charge in [0.15, 0.2) is 0 Å². The molecule has 1 aromatic carbocycles. The second kappa shape index (κ2) is 14.5. The van der Waals surface area contributed by atoms with Crippen molar-refractivity contribution in [2.45, 2.75) is 30.2 Å². The van der Waals surface area contributed by atoms with Crippen LogP contribution >= 0.6 is 70.6 Å². The molecule has 186 valence electrons. The average Bonchev–Trinajstić information content (AvgIpc) is 3.53. The lowest BCUT2D eigenvalue weighted by molar-refractivity contribution is -0.138. The summed E-state index contributed by atoms with van der Waals surface area (Å²) in [6.45, 7) is 7.81. The van der Waals surface area contributed by atoms with Crippen LogP contribution in [0.2, 0.25) is 0 Å². The zero-order valence-electron chi connectivity index (χ0n) is 19.3. The third-order valence-electron chi connectivity index (χ3n) is 5.31. The van der Waals surface area contributed by atoms with Gasteiger partial charge in [-0.25, -0.2) is 9.59 Å². The van der Waals surface area contributed by atoms with Crippen LogP contribution < -0.4 is 0 Å². The van der Waals surface area contributed by atoms with E-state index in [-0.39, 0.29) is 11.9 Å². The molecular formula is C24H30O4S6. The summed E-state index contributed by atoms with van der Waals surface area (Å²) in [6.07, 6.45) is 6.82. The fourth-order valence-electron chi connectivity index (χ4n) is 3.70. The molecule has 0 spiro atoms. The zero-order chi connectivity index (χ0) is 24.5. The molecule has 0 saturated carbocycles. The highest BCUT2D eigenvalue weighted by atomic mass is 32.2. The summed E-state index contributed by atoms with van der Waals surface area (Å²) in [5.41, 5.74) is 2.79. The first kappa shape index (κ1) is 28.3. The molecular weight excluding hydrogens is 545 g/mol. The number of benzene rings is 1. The molecule has 34 heavy (non-hydrogen) atoms. The van der Waals surface area contributed by atoms with Crippen LogP contribution in [0, 0.1) is 0 Å². The maximum absolute atomic E-state index is 11.5. The topological polar surface area (TPSA) is 52.6 Å². The molecule has 2 saturated heterocycles. The fraction of sp³-hybridized carbons (Fsp3) is 0.500. The standard InChI is InChI=1S/C24H30O4S6/c1-5-19(25)27-11-15-13-31-23(33-15)21(29-3)17-9-7-8-10-18(17)22(30-4)24-32-14-16(34-24)12-28-20(26)6-2/h5-10,15-16,21-24H,1-2,11-14H2,3-4H3. The monoisotopic (exact) mass is 574 g/mol. The zero-order valence-corrected chi connectivity index (χ0v) is 24.2. The highest BCUT2D eigenvalue weighted by Gasteiger charge is 2.38. The van der Waals surface area contributed by atoms with E-state index in [1.165, 1.54) is 23.3 Å². The summed E-state index contributed by atoms with van der Waals surface area (Å²) < 4.78 is 11.4. The van der Waals surface area contributed by atoms with Crippen LogP contribution in [0.4, 0.5) is 0 Å². The highest BCUT2D eigenvalue weighted by molar-refractivity contribution is 8.22. The van der Waals surface area contributed by atoms with Gasteiger partial charge in [0, 0.05) is 34.2 Å². The van der Waals surface area contributed by atoms with Crippen molar-refractivity contribution in [3.8, 4) is 0 Å². The van der Waals surface area contributed by atoms with E-state index < -0.39 is 0 Å². The molecule has 0 aliphatic carbocycles. The Bertz CT molecular complexity index is 797. The van der Waals surface area contributed by atoms with Gasteiger partial charge < -0.3 is 9.47 Å². The molecule has 4 nitrogen and oxygen atoms in total. The van der Waals surface area contributed by atoms with E-state index in [4.69, 9.17) is 9.47 Å². The molecule has 2 aliphatic heterocycles. The molecule has 10 heteroatoms. The molecule has 0 bridgehead atoms. The van der Waals surface area contributed by atoms with E-state index in [0.29, 0.717) is 43.4 Å². The number of carbonyl (C=O) groups is 2. The molecule has 6 unspecified atom stereocenters. The maximum Gasteiger partial charge on any atom is 0.330 e. The van der Waals surface area contributed by atoms with E-state index in [0.717, 1.165) is 11.5 Å². The summed E-state index contributed by atoms with van der Waals surface area (Å²) in [4.78, 5) is 22.9. The van der Waals surface area contributed by atoms with E-state index in [1.807, 2.05) is 70.6 Å². The molecule has 0 N–H and O–H groups in total. The maximum atomic E-state index is 11.5. The van der Waals surface area contributed by atoms with Crippen LogP contribution in [0.3, 0.4) is 0 Å². The second-order valence-corrected chi connectivity index (χ2v) is 15.3. The first-order chi connectivity index (χ1) is 16.5. The van der Waals surface area contributed by atoms with Crippen molar-refractivity contribution in [2.24, 2.45) is 0 Å². The number of ether oxygens (including phenoxy) is 2. The minimum Gasteiger partial charge on any atom is -0.461 e. The van der Waals surface area contributed by atoms with Crippen molar-refractivity contribution >= 4 is 82.5 Å². The fourth-order valence-corrected chi connectivity index (χ4v) is 13.7. The lowest BCUT2D eigenvalue weighted by Crippen LogP contribution is -2.17. The summed E-state index contributed by atoms with van der Waals surface area (Å²) in [6, 6.07) is 8.83. The number of carbonyl (C=O) groups excluding carboxylic acids is 2. The molecule has 2 aliphatic rings. The van der Waals surface area contributed by atoms with Gasteiger partial charge in [-0.3, -0.25) is 0 Å². The second-order valence-electron chi connectivity index (χ2n) is 7.53. The lowest BCUT2D eigenvalue weighted by atomic mass is 10.0. The lowest BCUT2D eigenvalue weighted by Gasteiger charge is -2.29. The number of hydrogen-bond donors (Lipinski definition) is 0. The molecule has 1 aromatic rings. The number of rotatable bonds is 12. The third kappa shape index (κ3) is 7.62. The normalized spacial score (nSPS) is 25.9. The van der Waals surface area contributed by atoms with Gasteiger partial charge in [0.2, 0.25) is 0 Å². The van der Waals surface area contributed by atoms with Gasteiger partial charge >= 0.3 is 11.9 Å². The van der Waals surface area contributed by atoms with Gasteiger partial charge in [-0.15, -0.1) is 47.0 Å². The van der Waals surface area contributed by atoms with Crippen molar-refractivity contribution in [3.63, 3.8) is 0 Å². The summed E-state index contributed by atoms with van der Waals surface area (Å²) in [5.74, 6) is 1.25. The number of esters is 2. The van der Waals surface area contributed by atoms with Crippen LogP contribution in [0.25, 0.3) is 0 Å². The van der Waals surface area contributed by atoms with E-state index >= 15 is 0 Å². The molecule has 0 aromatic heterocycles. The highest BCUT2D eigenvalue weighted by Crippen LogP contribution is 2.54.